The number of ketones is 1. The van der Waals surface area contributed by atoms with E-state index in [1.54, 1.807) is 31.3 Å². The fourth-order valence-electron chi connectivity index (χ4n) is 5.48. The number of hydrogen-bond donors (Lipinski definition) is 1. The number of benzene rings is 2. The van der Waals surface area contributed by atoms with Crippen molar-refractivity contribution in [2.45, 2.75) is 10.4 Å². The number of aliphatic hydroxyl groups is 1. The molecule has 2 aromatic rings. The van der Waals surface area contributed by atoms with Gasteiger partial charge in [0.25, 0.3) is 17.6 Å². The van der Waals surface area contributed by atoms with Crippen molar-refractivity contribution < 1.29 is 32.6 Å². The first-order valence-electron chi connectivity index (χ1n) is 12.5. The van der Waals surface area contributed by atoms with E-state index >= 15 is 0 Å². The maximum Gasteiger partial charge on any atom is 0.296 e. The number of amides is 2. The minimum absolute atomic E-state index is 0.00764. The van der Waals surface area contributed by atoms with Crippen LogP contribution >= 0.6 is 0 Å². The lowest BCUT2D eigenvalue weighted by Gasteiger charge is -2.36. The predicted octanol–water partition coefficient (Wildman–Crippen LogP) is 0.821. The van der Waals surface area contributed by atoms with E-state index in [1.165, 1.54) is 48.2 Å². The summed E-state index contributed by atoms with van der Waals surface area (Å²) in [6, 6.07) is 12.2. The third-order valence-corrected chi connectivity index (χ3v) is 9.42. The van der Waals surface area contributed by atoms with Gasteiger partial charge < -0.3 is 19.6 Å². The molecule has 0 saturated carbocycles. The molecule has 206 valence electrons. The Kier molecular flexibility index (Phi) is 6.83. The van der Waals surface area contributed by atoms with Crippen LogP contribution in [0.25, 0.3) is 5.76 Å². The first-order valence-corrected chi connectivity index (χ1v) is 14.0. The average molecular weight is 555 g/mol. The smallest absolute Gasteiger partial charge is 0.296 e. The Hall–Kier alpha value is -3.58. The first-order chi connectivity index (χ1) is 18.5. The zero-order valence-electron chi connectivity index (χ0n) is 22.0. The summed E-state index contributed by atoms with van der Waals surface area (Å²) in [5.41, 5.74) is -1.13. The van der Waals surface area contributed by atoms with E-state index in [-0.39, 0.29) is 22.6 Å². The van der Waals surface area contributed by atoms with Gasteiger partial charge in [-0.1, -0.05) is 18.2 Å². The molecule has 2 amide bonds. The lowest BCUT2D eigenvalue weighted by Crippen LogP contribution is -2.53. The number of hydrogen-bond acceptors (Lipinski definition) is 8. The number of likely N-dealkylation sites (N-methyl/N-ethyl adjacent to an activating group) is 1. The molecule has 39 heavy (non-hydrogen) atoms. The second-order valence-electron chi connectivity index (χ2n) is 9.87. The highest BCUT2D eigenvalue weighted by Gasteiger charge is 2.66. The van der Waals surface area contributed by atoms with Gasteiger partial charge in [0.2, 0.25) is 10.0 Å². The number of Topliss-reactive ketones (excluding diaryl/α,β-unsaturated/α-hetero) is 1. The molecular formula is C27H30N4O7S. The Labute approximate surface area is 226 Å². The van der Waals surface area contributed by atoms with E-state index in [0.29, 0.717) is 44.1 Å². The fourth-order valence-corrected chi connectivity index (χ4v) is 6.38. The van der Waals surface area contributed by atoms with Gasteiger partial charge in [0.15, 0.2) is 5.54 Å². The Morgan fingerprint density at radius 1 is 1.00 bits per heavy atom. The summed E-state index contributed by atoms with van der Waals surface area (Å²) >= 11 is 0. The molecule has 3 aliphatic heterocycles. The molecule has 1 N–H and O–H groups in total. The summed E-state index contributed by atoms with van der Waals surface area (Å²) in [4.78, 5) is 46.0. The van der Waals surface area contributed by atoms with Crippen molar-refractivity contribution in [3.63, 3.8) is 0 Å². The molecule has 2 saturated heterocycles. The molecule has 0 aromatic heterocycles. The van der Waals surface area contributed by atoms with Crippen LogP contribution in [0, 0.1) is 0 Å². The number of carbonyl (C=O) groups excluding carboxylic acids is 3. The minimum Gasteiger partial charge on any atom is -0.507 e. The van der Waals surface area contributed by atoms with Gasteiger partial charge in [-0.15, -0.1) is 0 Å². The van der Waals surface area contributed by atoms with Crippen LogP contribution in [0.3, 0.4) is 0 Å². The highest BCUT2D eigenvalue weighted by Crippen LogP contribution is 2.53. The van der Waals surface area contributed by atoms with Gasteiger partial charge in [0.05, 0.1) is 23.7 Å². The molecule has 0 aliphatic carbocycles. The van der Waals surface area contributed by atoms with E-state index in [4.69, 9.17) is 4.74 Å². The normalized spacial score (nSPS) is 23.3. The van der Waals surface area contributed by atoms with Crippen LogP contribution in [0.15, 0.2) is 59.0 Å². The molecule has 1 spiro atoms. The number of rotatable bonds is 6. The van der Waals surface area contributed by atoms with E-state index in [2.05, 4.69) is 4.90 Å². The van der Waals surface area contributed by atoms with Gasteiger partial charge in [-0.05, 0) is 30.3 Å². The minimum atomic E-state index is -3.73. The summed E-state index contributed by atoms with van der Waals surface area (Å²) in [5.74, 6) is -2.93. The zero-order valence-corrected chi connectivity index (χ0v) is 22.8. The van der Waals surface area contributed by atoms with E-state index < -0.39 is 38.9 Å². The molecule has 1 atom stereocenters. The SMILES string of the molecule is CN1C(=O)C2(/C(=C(/O)c3ccc(S(=O)(=O)N(C)C)cc3)C(=O)C(=O)N2CCN2CCOCC2)c2ccccc21. The molecule has 1 unspecified atom stereocenters. The Balaban J connectivity index is 1.66. The Morgan fingerprint density at radius 2 is 1.64 bits per heavy atom. The van der Waals surface area contributed by atoms with Crippen LogP contribution in [-0.2, 0) is 34.7 Å². The molecule has 3 heterocycles. The highest BCUT2D eigenvalue weighted by molar-refractivity contribution is 7.89. The third kappa shape index (κ3) is 4.06. The van der Waals surface area contributed by atoms with Crippen LogP contribution in [0.4, 0.5) is 5.69 Å². The summed E-state index contributed by atoms with van der Waals surface area (Å²) in [6.45, 7) is 2.90. The maximum atomic E-state index is 14.1. The number of likely N-dealkylation sites (tertiary alicyclic amines) is 1. The molecule has 11 nitrogen and oxygen atoms in total. The summed E-state index contributed by atoms with van der Waals surface area (Å²) in [6.07, 6.45) is 0. The van der Waals surface area contributed by atoms with Gasteiger partial charge in [-0.2, -0.15) is 0 Å². The molecule has 5 rings (SSSR count). The van der Waals surface area contributed by atoms with Crippen LogP contribution in [0.1, 0.15) is 11.1 Å². The molecule has 2 aromatic carbocycles. The van der Waals surface area contributed by atoms with E-state index in [1.807, 2.05) is 0 Å². The molecular weight excluding hydrogens is 524 g/mol. The van der Waals surface area contributed by atoms with E-state index in [9.17, 15) is 27.9 Å². The van der Waals surface area contributed by atoms with Crippen LogP contribution in [-0.4, -0.2) is 106 Å². The summed E-state index contributed by atoms with van der Waals surface area (Å²) in [7, 11) is 0.644. The van der Waals surface area contributed by atoms with Gasteiger partial charge in [0.1, 0.15) is 5.76 Å². The van der Waals surface area contributed by atoms with Crippen molar-refractivity contribution in [2.75, 3.05) is 65.4 Å². The quantitative estimate of drug-likeness (QED) is 0.316. The number of anilines is 1. The van der Waals surface area contributed by atoms with Crippen LogP contribution in [0.2, 0.25) is 0 Å². The number of ether oxygens (including phenoxy) is 1. The molecule has 2 fully saturated rings. The average Bonchev–Trinajstić information content (AvgIpc) is 3.30. The molecule has 3 aliphatic rings. The number of morpholine rings is 1. The van der Waals surface area contributed by atoms with Crippen LogP contribution in [0.5, 0.6) is 0 Å². The van der Waals surface area contributed by atoms with Crippen molar-refractivity contribution >= 4 is 39.1 Å². The predicted molar refractivity (Wildman–Crippen MR) is 142 cm³/mol. The van der Waals surface area contributed by atoms with Crippen molar-refractivity contribution in [3.8, 4) is 0 Å². The Morgan fingerprint density at radius 3 is 2.28 bits per heavy atom. The standard InChI is InChI=1S/C27H30N4O7S/c1-28(2)39(36,37)19-10-8-18(9-11-19)23(32)22-24(33)25(34)31(13-12-30-14-16-38-17-15-30)27(22)20-6-4-5-7-21(20)29(3)26(27)35/h4-11,32H,12-17H2,1-3H3/b23-22+. The Bertz CT molecular complexity index is 1480. The maximum absolute atomic E-state index is 14.1. The highest BCUT2D eigenvalue weighted by atomic mass is 32.2. The third-order valence-electron chi connectivity index (χ3n) is 7.59. The lowest BCUT2D eigenvalue weighted by molar-refractivity contribution is -0.144. The number of nitrogens with zero attached hydrogens (tertiary/aromatic N) is 4. The number of carbonyl (C=O) groups is 3. The molecule has 0 bridgehead atoms. The van der Waals surface area contributed by atoms with Crippen molar-refractivity contribution in [1.29, 1.82) is 0 Å². The summed E-state index contributed by atoms with van der Waals surface area (Å²) < 4.78 is 31.5. The number of para-hydroxylation sites is 1. The van der Waals surface area contributed by atoms with Gasteiger partial charge >= 0.3 is 0 Å². The van der Waals surface area contributed by atoms with Crippen LogP contribution < -0.4 is 4.90 Å². The monoisotopic (exact) mass is 554 g/mol. The van der Waals surface area contributed by atoms with Gasteiger partial charge in [-0.25, -0.2) is 12.7 Å². The topological polar surface area (TPSA) is 128 Å². The van der Waals surface area contributed by atoms with Crippen molar-refractivity contribution in [3.05, 3.63) is 65.2 Å². The number of sulfonamides is 1. The first kappa shape index (κ1) is 27.0. The van der Waals surface area contributed by atoms with Gasteiger partial charge in [0, 0.05) is 64.1 Å². The zero-order chi connectivity index (χ0) is 28.1. The largest absolute Gasteiger partial charge is 0.507 e. The van der Waals surface area contributed by atoms with Crippen molar-refractivity contribution in [2.24, 2.45) is 0 Å². The molecule has 12 heteroatoms. The molecule has 0 radical (unpaired) electrons. The summed E-state index contributed by atoms with van der Waals surface area (Å²) in [5, 5.41) is 11.5. The van der Waals surface area contributed by atoms with Crippen molar-refractivity contribution in [1.82, 2.24) is 14.1 Å². The number of aliphatic hydroxyl groups excluding tert-OH is 1. The number of fused-ring (bicyclic) bond motifs is 2. The second kappa shape index (κ2) is 9.87. The van der Waals surface area contributed by atoms with Gasteiger partial charge in [-0.3, -0.25) is 19.3 Å². The lowest BCUT2D eigenvalue weighted by atomic mass is 9.82. The second-order valence-corrected chi connectivity index (χ2v) is 12.0. The fraction of sp³-hybridized carbons (Fsp3) is 0.370. The van der Waals surface area contributed by atoms with E-state index in [0.717, 1.165) is 4.31 Å².